The number of carbonyl (C=O) groups excluding carboxylic acids is 2. The Kier molecular flexibility index (Phi) is 11.3. The number of aryl methyl sites for hydroxylation is 1. The first-order valence-electron chi connectivity index (χ1n) is 18.3. The molecular formula is C41H54N4O5. The summed E-state index contributed by atoms with van der Waals surface area (Å²) in [6, 6.07) is 16.9. The molecule has 2 amide bonds. The van der Waals surface area contributed by atoms with Gasteiger partial charge in [0.2, 0.25) is 5.91 Å². The third-order valence-electron chi connectivity index (χ3n) is 10.1. The number of likely N-dealkylation sites (tertiary alicyclic amines) is 1. The van der Waals surface area contributed by atoms with Crippen molar-refractivity contribution in [1.29, 1.82) is 0 Å². The number of amides is 2. The predicted molar refractivity (Wildman–Crippen MR) is 198 cm³/mol. The van der Waals surface area contributed by atoms with Crippen molar-refractivity contribution in [2.24, 2.45) is 23.5 Å². The molecule has 1 saturated heterocycles. The molecular weight excluding hydrogens is 628 g/mol. The van der Waals surface area contributed by atoms with E-state index < -0.39 is 5.60 Å². The summed E-state index contributed by atoms with van der Waals surface area (Å²) < 4.78 is 19.1. The van der Waals surface area contributed by atoms with Crippen LogP contribution in [0.3, 0.4) is 0 Å². The molecule has 2 N–H and O–H groups in total. The van der Waals surface area contributed by atoms with Gasteiger partial charge in [-0.25, -0.2) is 4.79 Å². The summed E-state index contributed by atoms with van der Waals surface area (Å²) in [5, 5.41) is 1.18. The number of carbonyl (C=O) groups is 2. The van der Waals surface area contributed by atoms with Crippen LogP contribution >= 0.6 is 0 Å². The zero-order valence-corrected chi connectivity index (χ0v) is 30.2. The molecule has 3 aliphatic rings. The number of ether oxygens (including phenoxy) is 3. The second-order valence-corrected chi connectivity index (χ2v) is 15.0. The van der Waals surface area contributed by atoms with Crippen LogP contribution in [0.1, 0.15) is 64.0 Å². The maximum absolute atomic E-state index is 15.0. The highest BCUT2D eigenvalue weighted by Gasteiger charge is 2.45. The summed E-state index contributed by atoms with van der Waals surface area (Å²) in [5.41, 5.74) is 9.73. The average Bonchev–Trinajstić information content (AvgIpc) is 3.91. The minimum Gasteiger partial charge on any atom is -0.492 e. The van der Waals surface area contributed by atoms with E-state index in [4.69, 9.17) is 19.9 Å². The summed E-state index contributed by atoms with van der Waals surface area (Å²) in [4.78, 5) is 32.3. The van der Waals surface area contributed by atoms with Gasteiger partial charge in [0.1, 0.15) is 18.0 Å². The molecule has 1 aliphatic heterocycles. The summed E-state index contributed by atoms with van der Waals surface area (Å²) in [7, 11) is 1.73. The largest absolute Gasteiger partial charge is 0.492 e. The number of nitrogens with two attached hydrogens (primary N) is 1. The second-order valence-electron chi connectivity index (χ2n) is 15.0. The van der Waals surface area contributed by atoms with Gasteiger partial charge in [-0.15, -0.1) is 0 Å². The van der Waals surface area contributed by atoms with E-state index in [1.54, 1.807) is 12.0 Å². The van der Waals surface area contributed by atoms with Gasteiger partial charge in [-0.05, 0) is 99.6 Å². The number of piperidine rings is 1. The fourth-order valence-corrected chi connectivity index (χ4v) is 7.57. The number of nitrogens with zero attached hydrogens (tertiary/aromatic N) is 3. The van der Waals surface area contributed by atoms with Crippen LogP contribution in [0.5, 0.6) is 5.75 Å². The number of aromatic nitrogens is 1. The molecule has 50 heavy (non-hydrogen) atoms. The van der Waals surface area contributed by atoms with Crippen molar-refractivity contribution >= 4 is 28.5 Å². The fraction of sp³-hybridized carbons (Fsp3) is 0.512. The van der Waals surface area contributed by atoms with Crippen molar-refractivity contribution in [3.05, 3.63) is 84.1 Å². The standard InChI is InChI=1S/C41H54N4O5/c1-41(2,3)50-40(47)44-22-19-35(31-10-7-9-30(25-31)29-13-17-34(18-14-29)49-24-20-42)37(28-44)39(46)45(33-15-16-33)27-32-26-43(21-8-23-48-4)38-12-6-5-11-36(32)38/h5-7,9-14,17-18,26,31,33,35,37H,8,15-16,19-25,27-28,42H2,1-4H3/t31?,35-,37+/m1/s1. The lowest BCUT2D eigenvalue weighted by Gasteiger charge is -2.43. The molecule has 9 nitrogen and oxygen atoms in total. The number of rotatable bonds is 13. The smallest absolute Gasteiger partial charge is 0.410 e. The van der Waals surface area contributed by atoms with Gasteiger partial charge in [-0.1, -0.05) is 48.6 Å². The Morgan fingerprint density at radius 1 is 1.02 bits per heavy atom. The van der Waals surface area contributed by atoms with E-state index in [1.165, 1.54) is 16.5 Å². The highest BCUT2D eigenvalue weighted by Crippen LogP contribution is 2.42. The Labute approximate surface area is 297 Å². The van der Waals surface area contributed by atoms with Crippen LogP contribution in [-0.4, -0.2) is 78.0 Å². The zero-order chi connectivity index (χ0) is 35.3. The number of hydrogen-bond acceptors (Lipinski definition) is 6. The Hall–Kier alpha value is -4.08. The van der Waals surface area contributed by atoms with Crippen LogP contribution < -0.4 is 10.5 Å². The third-order valence-corrected chi connectivity index (χ3v) is 10.1. The van der Waals surface area contributed by atoms with E-state index in [1.807, 2.05) is 32.9 Å². The molecule has 0 bridgehead atoms. The van der Waals surface area contributed by atoms with Crippen molar-refractivity contribution in [2.75, 3.05) is 40.0 Å². The molecule has 0 radical (unpaired) electrons. The Morgan fingerprint density at radius 2 is 1.80 bits per heavy atom. The Morgan fingerprint density at radius 3 is 2.52 bits per heavy atom. The van der Waals surface area contributed by atoms with Crippen molar-refractivity contribution < 1.29 is 23.8 Å². The average molecular weight is 683 g/mol. The van der Waals surface area contributed by atoms with E-state index in [2.05, 4.69) is 70.3 Å². The van der Waals surface area contributed by atoms with Gasteiger partial charge in [-0.3, -0.25) is 4.79 Å². The minimum atomic E-state index is -0.609. The van der Waals surface area contributed by atoms with E-state index in [9.17, 15) is 9.59 Å². The van der Waals surface area contributed by atoms with Crippen molar-refractivity contribution in [2.45, 2.75) is 77.6 Å². The SMILES string of the molecule is COCCCn1cc(CN(C(=O)[C@H]2CN(C(=O)OC(C)(C)C)CC[C@@H]2C2C=CC=C(c3ccc(OCCN)cc3)C2)C2CC2)c2ccccc21. The first kappa shape index (κ1) is 35.7. The van der Waals surface area contributed by atoms with Gasteiger partial charge in [0.05, 0.1) is 5.92 Å². The van der Waals surface area contributed by atoms with Crippen LogP contribution in [-0.2, 0) is 27.4 Å². The summed E-state index contributed by atoms with van der Waals surface area (Å²) >= 11 is 0. The Balaban J connectivity index is 1.26. The number of fused-ring (bicyclic) bond motifs is 1. The van der Waals surface area contributed by atoms with Crippen LogP contribution in [0.4, 0.5) is 4.79 Å². The second kappa shape index (κ2) is 15.9. The van der Waals surface area contributed by atoms with Crippen LogP contribution in [0, 0.1) is 17.8 Å². The normalized spacial score (nSPS) is 20.9. The Bertz CT molecular complexity index is 1680. The van der Waals surface area contributed by atoms with Crippen LogP contribution in [0.15, 0.2) is 73.0 Å². The number of hydrogen-bond donors (Lipinski definition) is 1. The van der Waals surface area contributed by atoms with E-state index >= 15 is 0 Å². The maximum atomic E-state index is 15.0. The molecule has 2 fully saturated rings. The van der Waals surface area contributed by atoms with Crippen LogP contribution in [0.2, 0.25) is 0 Å². The summed E-state index contributed by atoms with van der Waals surface area (Å²) in [6.07, 6.45) is 13.0. The molecule has 268 valence electrons. The molecule has 9 heteroatoms. The van der Waals surface area contributed by atoms with Crippen molar-refractivity contribution in [1.82, 2.24) is 14.4 Å². The number of allylic oxidation sites excluding steroid dienone is 4. The van der Waals surface area contributed by atoms with Gasteiger partial charge < -0.3 is 34.3 Å². The maximum Gasteiger partial charge on any atom is 0.410 e. The molecule has 2 aromatic carbocycles. The summed E-state index contributed by atoms with van der Waals surface area (Å²) in [6.45, 7) is 9.66. The van der Waals surface area contributed by atoms with E-state index in [0.29, 0.717) is 39.4 Å². The van der Waals surface area contributed by atoms with Gasteiger partial charge in [0.15, 0.2) is 0 Å². The van der Waals surface area contributed by atoms with Crippen molar-refractivity contribution in [3.8, 4) is 5.75 Å². The molecule has 3 aromatic rings. The van der Waals surface area contributed by atoms with E-state index in [-0.39, 0.29) is 35.8 Å². The minimum absolute atomic E-state index is 0.0879. The lowest BCUT2D eigenvalue weighted by Crippen LogP contribution is -2.53. The number of methoxy groups -OCH3 is 1. The topological polar surface area (TPSA) is 99.3 Å². The molecule has 1 saturated carbocycles. The molecule has 1 aromatic heterocycles. The highest BCUT2D eigenvalue weighted by atomic mass is 16.6. The zero-order valence-electron chi connectivity index (χ0n) is 30.2. The first-order valence-corrected chi connectivity index (χ1v) is 18.3. The lowest BCUT2D eigenvalue weighted by atomic mass is 9.71. The molecule has 0 spiro atoms. The van der Waals surface area contributed by atoms with Crippen molar-refractivity contribution in [3.63, 3.8) is 0 Å². The predicted octanol–water partition coefficient (Wildman–Crippen LogP) is 7.04. The monoisotopic (exact) mass is 682 g/mol. The highest BCUT2D eigenvalue weighted by molar-refractivity contribution is 5.86. The van der Waals surface area contributed by atoms with Gasteiger partial charge in [0, 0.05) is 69.6 Å². The molecule has 2 heterocycles. The summed E-state index contributed by atoms with van der Waals surface area (Å²) in [5.74, 6) is 0.869. The van der Waals surface area contributed by atoms with E-state index in [0.717, 1.165) is 55.5 Å². The third kappa shape index (κ3) is 8.61. The lowest BCUT2D eigenvalue weighted by molar-refractivity contribution is -0.141. The van der Waals surface area contributed by atoms with Crippen LogP contribution in [0.25, 0.3) is 16.5 Å². The molecule has 2 aliphatic carbocycles. The number of para-hydroxylation sites is 1. The van der Waals surface area contributed by atoms with Gasteiger partial charge in [-0.2, -0.15) is 0 Å². The first-order chi connectivity index (χ1) is 24.1. The molecule has 6 rings (SSSR count). The quantitative estimate of drug-likeness (QED) is 0.194. The fourth-order valence-electron chi connectivity index (χ4n) is 7.57. The van der Waals surface area contributed by atoms with Gasteiger partial charge in [0.25, 0.3) is 0 Å². The molecule has 3 atom stereocenters. The van der Waals surface area contributed by atoms with Gasteiger partial charge >= 0.3 is 6.09 Å². The molecule has 1 unspecified atom stereocenters. The number of benzene rings is 2.